The third-order valence-corrected chi connectivity index (χ3v) is 5.62. The van der Waals surface area contributed by atoms with Crippen LogP contribution in [0.15, 0.2) is 35.1 Å². The molecular weight excluding hydrogens is 270 g/mol. The zero-order chi connectivity index (χ0) is 13.2. The molecule has 0 fully saturated rings. The second-order valence-electron chi connectivity index (χ2n) is 4.07. The van der Waals surface area contributed by atoms with Crippen molar-refractivity contribution in [3.8, 4) is 0 Å². The van der Waals surface area contributed by atoms with Crippen LogP contribution in [0, 0.1) is 0 Å². The van der Waals surface area contributed by atoms with Crippen LogP contribution in [-0.2, 0) is 16.4 Å². The minimum Gasteiger partial charge on any atom is -0.335 e. The molecule has 5 nitrogen and oxygen atoms in total. The molecule has 0 radical (unpaired) electrons. The fourth-order valence-electron chi connectivity index (χ4n) is 1.62. The second kappa shape index (κ2) is 5.21. The molecule has 0 aliphatic carbocycles. The van der Waals surface area contributed by atoms with Gasteiger partial charge < -0.3 is 4.98 Å². The van der Waals surface area contributed by atoms with E-state index in [1.165, 1.54) is 21.7 Å². The molecule has 0 aliphatic heterocycles. The molecule has 1 N–H and O–H groups in total. The van der Waals surface area contributed by atoms with Gasteiger partial charge in [-0.1, -0.05) is 6.07 Å². The summed E-state index contributed by atoms with van der Waals surface area (Å²) in [5, 5.41) is 2.12. The molecule has 0 bridgehead atoms. The van der Waals surface area contributed by atoms with Gasteiger partial charge in [0.25, 0.3) is 10.0 Å². The van der Waals surface area contributed by atoms with Gasteiger partial charge in [-0.3, -0.25) is 0 Å². The molecule has 0 spiro atoms. The Morgan fingerprint density at radius 2 is 2.33 bits per heavy atom. The summed E-state index contributed by atoms with van der Waals surface area (Å²) in [6.07, 6.45) is 3.40. The molecule has 0 aliphatic rings. The molecule has 0 aromatic carbocycles. The maximum atomic E-state index is 12.2. The summed E-state index contributed by atoms with van der Waals surface area (Å²) in [6.45, 7) is 1.90. The number of imidazole rings is 1. The SMILES string of the molecule is CC(Cc1cccs1)N(C)S(=O)(=O)c1cnc[nH]1. The minimum atomic E-state index is -3.48. The van der Waals surface area contributed by atoms with Gasteiger partial charge in [-0.25, -0.2) is 13.4 Å². The van der Waals surface area contributed by atoms with Crippen molar-refractivity contribution in [1.29, 1.82) is 0 Å². The van der Waals surface area contributed by atoms with E-state index in [1.807, 2.05) is 24.4 Å². The van der Waals surface area contributed by atoms with E-state index < -0.39 is 10.0 Å². The summed E-state index contributed by atoms with van der Waals surface area (Å²) in [7, 11) is -1.89. The molecule has 1 atom stereocenters. The molecule has 0 amide bonds. The zero-order valence-electron chi connectivity index (χ0n) is 10.2. The van der Waals surface area contributed by atoms with Gasteiger partial charge in [0.2, 0.25) is 0 Å². The first-order chi connectivity index (χ1) is 8.51. The van der Waals surface area contributed by atoms with Crippen molar-refractivity contribution < 1.29 is 8.42 Å². The number of likely N-dealkylation sites (N-methyl/N-ethyl adjacent to an activating group) is 1. The summed E-state index contributed by atoms with van der Waals surface area (Å²) in [4.78, 5) is 7.56. The molecule has 0 saturated carbocycles. The maximum Gasteiger partial charge on any atom is 0.260 e. The lowest BCUT2D eigenvalue weighted by Gasteiger charge is -2.23. The highest BCUT2D eigenvalue weighted by Crippen LogP contribution is 2.18. The number of aromatic amines is 1. The summed E-state index contributed by atoms with van der Waals surface area (Å²) in [5.41, 5.74) is 0. The Balaban J connectivity index is 2.13. The third-order valence-electron chi connectivity index (χ3n) is 2.83. The van der Waals surface area contributed by atoms with Gasteiger partial charge in [-0.2, -0.15) is 4.31 Å². The molecule has 2 aromatic heterocycles. The predicted octanol–water partition coefficient (Wildman–Crippen LogP) is 1.72. The Kier molecular flexibility index (Phi) is 3.84. The number of H-pyrrole nitrogens is 1. The van der Waals surface area contributed by atoms with Gasteiger partial charge in [0.05, 0.1) is 12.5 Å². The number of thiophene rings is 1. The van der Waals surface area contributed by atoms with Crippen molar-refractivity contribution in [3.05, 3.63) is 34.9 Å². The number of hydrogen-bond donors (Lipinski definition) is 1. The maximum absolute atomic E-state index is 12.2. The molecule has 0 saturated heterocycles. The van der Waals surface area contributed by atoms with Gasteiger partial charge >= 0.3 is 0 Å². The van der Waals surface area contributed by atoms with Crippen molar-refractivity contribution in [2.75, 3.05) is 7.05 Å². The van der Waals surface area contributed by atoms with Crippen molar-refractivity contribution in [2.45, 2.75) is 24.4 Å². The van der Waals surface area contributed by atoms with Crippen molar-refractivity contribution in [2.24, 2.45) is 0 Å². The molecule has 2 rings (SSSR count). The average molecular weight is 285 g/mol. The molecule has 2 aromatic rings. The summed E-state index contributed by atoms with van der Waals surface area (Å²) < 4.78 is 25.8. The molecule has 2 heterocycles. The molecular formula is C11H15N3O2S2. The zero-order valence-corrected chi connectivity index (χ0v) is 11.8. The van der Waals surface area contributed by atoms with Crippen LogP contribution in [0.25, 0.3) is 0 Å². The number of sulfonamides is 1. The van der Waals surface area contributed by atoms with E-state index >= 15 is 0 Å². The fourth-order valence-corrected chi connectivity index (χ4v) is 3.71. The Labute approximate surface area is 111 Å². The van der Waals surface area contributed by atoms with E-state index in [9.17, 15) is 8.42 Å². The van der Waals surface area contributed by atoms with Crippen LogP contribution in [0.5, 0.6) is 0 Å². The van der Waals surface area contributed by atoms with Crippen molar-refractivity contribution in [1.82, 2.24) is 14.3 Å². The van der Waals surface area contributed by atoms with Gasteiger partial charge in [0.15, 0.2) is 5.03 Å². The normalized spacial score (nSPS) is 13.9. The second-order valence-corrected chi connectivity index (χ2v) is 7.07. The van der Waals surface area contributed by atoms with E-state index in [-0.39, 0.29) is 11.1 Å². The molecule has 98 valence electrons. The number of nitrogens with zero attached hydrogens (tertiary/aromatic N) is 2. The molecule has 18 heavy (non-hydrogen) atoms. The van der Waals surface area contributed by atoms with Crippen LogP contribution in [0.2, 0.25) is 0 Å². The van der Waals surface area contributed by atoms with Gasteiger partial charge in [-0.05, 0) is 24.8 Å². The lowest BCUT2D eigenvalue weighted by Crippen LogP contribution is -2.36. The predicted molar refractivity (Wildman–Crippen MR) is 71.0 cm³/mol. The average Bonchev–Trinajstić information content (AvgIpc) is 3.00. The Morgan fingerprint density at radius 3 is 2.89 bits per heavy atom. The third kappa shape index (κ3) is 2.63. The highest BCUT2D eigenvalue weighted by atomic mass is 32.2. The summed E-state index contributed by atoms with van der Waals surface area (Å²) in [6, 6.07) is 3.88. The van der Waals surface area contributed by atoms with Crippen LogP contribution in [-0.4, -0.2) is 35.8 Å². The van der Waals surface area contributed by atoms with E-state index in [0.29, 0.717) is 6.42 Å². The van der Waals surface area contributed by atoms with E-state index in [0.717, 1.165) is 0 Å². The molecule has 1 unspecified atom stereocenters. The van der Waals surface area contributed by atoms with Gasteiger partial charge in [-0.15, -0.1) is 11.3 Å². The van der Waals surface area contributed by atoms with E-state index in [4.69, 9.17) is 0 Å². The van der Waals surface area contributed by atoms with Crippen LogP contribution in [0.3, 0.4) is 0 Å². The van der Waals surface area contributed by atoms with Gasteiger partial charge in [0.1, 0.15) is 0 Å². The Morgan fingerprint density at radius 1 is 1.56 bits per heavy atom. The Bertz CT molecular complexity index is 576. The first-order valence-electron chi connectivity index (χ1n) is 5.50. The highest BCUT2D eigenvalue weighted by molar-refractivity contribution is 7.89. The summed E-state index contributed by atoms with van der Waals surface area (Å²) >= 11 is 1.64. The topological polar surface area (TPSA) is 66.1 Å². The number of nitrogens with one attached hydrogen (secondary N) is 1. The van der Waals surface area contributed by atoms with Crippen molar-refractivity contribution >= 4 is 21.4 Å². The van der Waals surface area contributed by atoms with E-state index in [2.05, 4.69) is 9.97 Å². The summed E-state index contributed by atoms with van der Waals surface area (Å²) in [5.74, 6) is 0. The smallest absolute Gasteiger partial charge is 0.260 e. The van der Waals surface area contributed by atoms with Gasteiger partial charge in [0, 0.05) is 18.0 Å². The van der Waals surface area contributed by atoms with Crippen molar-refractivity contribution in [3.63, 3.8) is 0 Å². The number of hydrogen-bond acceptors (Lipinski definition) is 4. The van der Waals surface area contributed by atoms with Crippen LogP contribution < -0.4 is 0 Å². The first kappa shape index (κ1) is 13.3. The quantitative estimate of drug-likeness (QED) is 0.909. The van der Waals surface area contributed by atoms with Crippen LogP contribution in [0.4, 0.5) is 0 Å². The van der Waals surface area contributed by atoms with Crippen LogP contribution in [0.1, 0.15) is 11.8 Å². The highest BCUT2D eigenvalue weighted by Gasteiger charge is 2.26. The number of rotatable bonds is 5. The van der Waals surface area contributed by atoms with E-state index in [1.54, 1.807) is 18.4 Å². The first-order valence-corrected chi connectivity index (χ1v) is 7.82. The largest absolute Gasteiger partial charge is 0.335 e. The lowest BCUT2D eigenvalue weighted by molar-refractivity contribution is 0.387. The molecule has 7 heteroatoms. The lowest BCUT2D eigenvalue weighted by atomic mass is 10.2. The monoisotopic (exact) mass is 285 g/mol. The van der Waals surface area contributed by atoms with Crippen LogP contribution >= 0.6 is 11.3 Å². The minimum absolute atomic E-state index is 0.100. The standard InChI is InChI=1S/C11H15N3O2S2/c1-9(6-10-4-3-5-17-10)14(2)18(15,16)11-7-12-8-13-11/h3-5,7-9H,6H2,1-2H3,(H,12,13). The number of aromatic nitrogens is 2. The fraction of sp³-hybridized carbons (Fsp3) is 0.364. The Hall–Kier alpha value is -1.18.